The highest BCUT2D eigenvalue weighted by Gasteiger charge is 2.08. The zero-order valence-corrected chi connectivity index (χ0v) is 16.3. The molecule has 1 aromatic heterocycles. The maximum atomic E-state index is 11.5. The SMILES string of the molecule is CC(C)OC(=O)CCc1cn(CCOCCOCCC(=O)C(C)C)nn1. The van der Waals surface area contributed by atoms with Crippen molar-refractivity contribution in [3.05, 3.63) is 11.9 Å². The summed E-state index contributed by atoms with van der Waals surface area (Å²) in [6.07, 6.45) is 2.96. The molecule has 0 atom stereocenters. The second-order valence-corrected chi connectivity index (χ2v) is 6.61. The Labute approximate surface area is 155 Å². The molecule has 0 saturated heterocycles. The van der Waals surface area contributed by atoms with Crippen LogP contribution >= 0.6 is 0 Å². The third-order valence-electron chi connectivity index (χ3n) is 3.51. The molecular weight excluding hydrogens is 338 g/mol. The van der Waals surface area contributed by atoms with E-state index in [0.717, 1.165) is 5.69 Å². The summed E-state index contributed by atoms with van der Waals surface area (Å²) in [5.74, 6) is 0.0432. The summed E-state index contributed by atoms with van der Waals surface area (Å²) >= 11 is 0. The second-order valence-electron chi connectivity index (χ2n) is 6.61. The van der Waals surface area contributed by atoms with Crippen LogP contribution in [0.5, 0.6) is 0 Å². The van der Waals surface area contributed by atoms with Crippen LogP contribution in [-0.2, 0) is 36.8 Å². The van der Waals surface area contributed by atoms with Crippen molar-refractivity contribution in [1.29, 1.82) is 0 Å². The molecule has 0 radical (unpaired) electrons. The first-order valence-electron chi connectivity index (χ1n) is 9.15. The van der Waals surface area contributed by atoms with Crippen LogP contribution in [-0.4, -0.2) is 59.3 Å². The van der Waals surface area contributed by atoms with E-state index < -0.39 is 0 Å². The van der Waals surface area contributed by atoms with Crippen molar-refractivity contribution in [2.75, 3.05) is 26.4 Å². The molecule has 0 aliphatic rings. The number of hydrogen-bond donors (Lipinski definition) is 0. The summed E-state index contributed by atoms with van der Waals surface area (Å²) in [6.45, 7) is 9.86. The summed E-state index contributed by atoms with van der Waals surface area (Å²) in [7, 11) is 0. The molecule has 0 unspecified atom stereocenters. The Morgan fingerprint density at radius 2 is 1.73 bits per heavy atom. The Kier molecular flexibility index (Phi) is 10.7. The fourth-order valence-electron chi connectivity index (χ4n) is 2.06. The van der Waals surface area contributed by atoms with E-state index in [4.69, 9.17) is 14.2 Å². The number of carbonyl (C=O) groups excluding carboxylic acids is 2. The van der Waals surface area contributed by atoms with Gasteiger partial charge in [0, 0.05) is 25.0 Å². The number of ketones is 1. The van der Waals surface area contributed by atoms with Gasteiger partial charge in [-0.2, -0.15) is 0 Å². The standard InChI is InChI=1S/C18H31N3O5/c1-14(2)17(22)7-9-24-11-12-25-10-8-21-13-16(19-20-21)5-6-18(23)26-15(3)4/h13-15H,5-12H2,1-4H3. The average Bonchev–Trinajstić information content (AvgIpc) is 3.02. The Hall–Kier alpha value is -1.80. The van der Waals surface area contributed by atoms with Crippen LogP contribution < -0.4 is 0 Å². The van der Waals surface area contributed by atoms with Gasteiger partial charge < -0.3 is 14.2 Å². The molecule has 0 aromatic carbocycles. The largest absolute Gasteiger partial charge is 0.463 e. The zero-order valence-electron chi connectivity index (χ0n) is 16.3. The lowest BCUT2D eigenvalue weighted by atomic mass is 10.1. The van der Waals surface area contributed by atoms with Crippen molar-refractivity contribution >= 4 is 11.8 Å². The van der Waals surface area contributed by atoms with Gasteiger partial charge in [-0.25, -0.2) is 4.68 Å². The van der Waals surface area contributed by atoms with Gasteiger partial charge in [-0.05, 0) is 13.8 Å². The van der Waals surface area contributed by atoms with Crippen LogP contribution in [0.4, 0.5) is 0 Å². The van der Waals surface area contributed by atoms with Gasteiger partial charge in [-0.3, -0.25) is 9.59 Å². The number of Topliss-reactive ketones (excluding diaryl/α,β-unsaturated/α-hetero) is 1. The highest BCUT2D eigenvalue weighted by molar-refractivity contribution is 5.80. The van der Waals surface area contributed by atoms with Gasteiger partial charge in [0.1, 0.15) is 5.78 Å². The summed E-state index contributed by atoms with van der Waals surface area (Å²) in [6, 6.07) is 0. The lowest BCUT2D eigenvalue weighted by Crippen LogP contribution is -2.13. The van der Waals surface area contributed by atoms with Crippen molar-refractivity contribution in [1.82, 2.24) is 15.0 Å². The summed E-state index contributed by atoms with van der Waals surface area (Å²) in [5, 5.41) is 8.03. The van der Waals surface area contributed by atoms with Crippen molar-refractivity contribution < 1.29 is 23.8 Å². The first-order valence-corrected chi connectivity index (χ1v) is 9.15. The van der Waals surface area contributed by atoms with E-state index in [9.17, 15) is 9.59 Å². The monoisotopic (exact) mass is 369 g/mol. The average molecular weight is 369 g/mol. The maximum Gasteiger partial charge on any atom is 0.306 e. The van der Waals surface area contributed by atoms with Crippen molar-refractivity contribution in [2.45, 2.75) is 59.6 Å². The first-order chi connectivity index (χ1) is 12.4. The molecule has 148 valence electrons. The Balaban J connectivity index is 2.05. The van der Waals surface area contributed by atoms with Crippen LogP contribution in [0, 0.1) is 5.92 Å². The van der Waals surface area contributed by atoms with Gasteiger partial charge >= 0.3 is 5.97 Å². The number of aromatic nitrogens is 3. The maximum absolute atomic E-state index is 11.5. The number of carbonyl (C=O) groups is 2. The summed E-state index contributed by atoms with van der Waals surface area (Å²) in [5.41, 5.74) is 0.754. The molecule has 0 N–H and O–H groups in total. The van der Waals surface area contributed by atoms with Gasteiger partial charge in [-0.15, -0.1) is 5.10 Å². The number of aryl methyl sites for hydroxylation is 1. The lowest BCUT2D eigenvalue weighted by Gasteiger charge is -2.07. The molecule has 0 aliphatic heterocycles. The predicted octanol–water partition coefficient (Wildman–Crippen LogP) is 1.81. The number of hydrogen-bond acceptors (Lipinski definition) is 7. The molecule has 8 nitrogen and oxygen atoms in total. The molecule has 1 aromatic rings. The van der Waals surface area contributed by atoms with E-state index in [1.54, 1.807) is 10.9 Å². The Morgan fingerprint density at radius 1 is 1.04 bits per heavy atom. The molecule has 26 heavy (non-hydrogen) atoms. The number of rotatable bonds is 14. The van der Waals surface area contributed by atoms with E-state index in [1.807, 2.05) is 27.7 Å². The van der Waals surface area contributed by atoms with Crippen LogP contribution in [0.15, 0.2) is 6.20 Å². The molecule has 1 heterocycles. The number of esters is 1. The van der Waals surface area contributed by atoms with Crippen molar-refractivity contribution in [3.8, 4) is 0 Å². The van der Waals surface area contributed by atoms with E-state index in [-0.39, 0.29) is 23.8 Å². The van der Waals surface area contributed by atoms with Crippen LogP contribution in [0.1, 0.15) is 46.2 Å². The quantitative estimate of drug-likeness (QED) is 0.365. The Morgan fingerprint density at radius 3 is 2.38 bits per heavy atom. The van der Waals surface area contributed by atoms with Gasteiger partial charge in [0.05, 0.1) is 51.2 Å². The fourth-order valence-corrected chi connectivity index (χ4v) is 2.06. The molecule has 0 fully saturated rings. The van der Waals surface area contributed by atoms with Gasteiger partial charge in [-0.1, -0.05) is 19.1 Å². The van der Waals surface area contributed by atoms with E-state index >= 15 is 0 Å². The topological polar surface area (TPSA) is 92.5 Å². The van der Waals surface area contributed by atoms with Crippen molar-refractivity contribution in [3.63, 3.8) is 0 Å². The highest BCUT2D eigenvalue weighted by atomic mass is 16.5. The molecule has 0 aliphatic carbocycles. The van der Waals surface area contributed by atoms with Gasteiger partial charge in [0.15, 0.2) is 0 Å². The molecule has 0 amide bonds. The minimum atomic E-state index is -0.229. The molecule has 1 rings (SSSR count). The highest BCUT2D eigenvalue weighted by Crippen LogP contribution is 2.02. The first kappa shape index (κ1) is 22.2. The second kappa shape index (κ2) is 12.5. The molecule has 0 bridgehead atoms. The smallest absolute Gasteiger partial charge is 0.306 e. The summed E-state index contributed by atoms with van der Waals surface area (Å²) < 4.78 is 17.6. The minimum Gasteiger partial charge on any atom is -0.463 e. The molecular formula is C18H31N3O5. The zero-order chi connectivity index (χ0) is 19.4. The fraction of sp³-hybridized carbons (Fsp3) is 0.778. The van der Waals surface area contributed by atoms with Crippen LogP contribution in [0.2, 0.25) is 0 Å². The third kappa shape index (κ3) is 10.2. The van der Waals surface area contributed by atoms with E-state index in [0.29, 0.717) is 52.2 Å². The van der Waals surface area contributed by atoms with Crippen LogP contribution in [0.3, 0.4) is 0 Å². The van der Waals surface area contributed by atoms with Crippen molar-refractivity contribution in [2.24, 2.45) is 5.92 Å². The number of nitrogens with zero attached hydrogens (tertiary/aromatic N) is 3. The van der Waals surface area contributed by atoms with E-state index in [1.165, 1.54) is 0 Å². The minimum absolute atomic E-state index is 0.0586. The third-order valence-corrected chi connectivity index (χ3v) is 3.51. The normalized spacial score (nSPS) is 11.3. The Bertz CT molecular complexity index is 543. The predicted molar refractivity (Wildman–Crippen MR) is 95.7 cm³/mol. The molecule has 0 saturated carbocycles. The lowest BCUT2D eigenvalue weighted by molar-refractivity contribution is -0.147. The van der Waals surface area contributed by atoms with Crippen LogP contribution in [0.25, 0.3) is 0 Å². The summed E-state index contributed by atoms with van der Waals surface area (Å²) in [4.78, 5) is 22.9. The number of ether oxygens (including phenoxy) is 3. The molecule has 8 heteroatoms. The van der Waals surface area contributed by atoms with Gasteiger partial charge in [0.2, 0.25) is 0 Å². The van der Waals surface area contributed by atoms with Gasteiger partial charge in [0.25, 0.3) is 0 Å². The molecule has 0 spiro atoms. The van der Waals surface area contributed by atoms with E-state index in [2.05, 4.69) is 10.3 Å².